The third-order valence-electron chi connectivity index (χ3n) is 9.14. The van der Waals surface area contributed by atoms with Crippen molar-refractivity contribution in [3.63, 3.8) is 0 Å². The second kappa shape index (κ2) is 18.3. The zero-order valence-electron chi connectivity index (χ0n) is 25.0. The molecule has 1 aliphatic carbocycles. The minimum atomic E-state index is 0.187. The molecule has 3 rings (SSSR count). The van der Waals surface area contributed by atoms with Gasteiger partial charge in [0.1, 0.15) is 0 Å². The fourth-order valence-corrected chi connectivity index (χ4v) is 7.72. The second-order valence-electron chi connectivity index (χ2n) is 12.2. The lowest BCUT2D eigenvalue weighted by Gasteiger charge is -2.33. The maximum Gasteiger partial charge on any atom is 0.0226 e. The van der Waals surface area contributed by atoms with E-state index in [1.807, 2.05) is 0 Å². The van der Waals surface area contributed by atoms with Crippen molar-refractivity contribution in [2.24, 2.45) is 0 Å². The van der Waals surface area contributed by atoms with E-state index in [4.69, 9.17) is 0 Å². The van der Waals surface area contributed by atoms with E-state index in [1.165, 1.54) is 157 Å². The van der Waals surface area contributed by atoms with Gasteiger partial charge in [0.2, 0.25) is 0 Å². The zero-order valence-corrected chi connectivity index (χ0v) is 26.6. The van der Waals surface area contributed by atoms with E-state index < -0.39 is 0 Å². The summed E-state index contributed by atoms with van der Waals surface area (Å²) in [5.41, 5.74) is 6.35. The molecule has 2 aromatic rings. The number of halogens is 1. The lowest BCUT2D eigenvalue weighted by atomic mass is 9.70. The Morgan fingerprint density at radius 1 is 0.474 bits per heavy atom. The van der Waals surface area contributed by atoms with Gasteiger partial charge in [-0.1, -0.05) is 195 Å². The Bertz CT molecular complexity index is 873. The van der Waals surface area contributed by atoms with Crippen molar-refractivity contribution in [2.75, 3.05) is 0 Å². The van der Waals surface area contributed by atoms with Crippen molar-refractivity contribution in [2.45, 2.75) is 161 Å². The van der Waals surface area contributed by atoms with Crippen molar-refractivity contribution < 1.29 is 0 Å². The number of rotatable bonds is 22. The van der Waals surface area contributed by atoms with E-state index in [0.29, 0.717) is 0 Å². The highest BCUT2D eigenvalue weighted by Crippen LogP contribution is 2.56. The fourth-order valence-electron chi connectivity index (χ4n) is 6.98. The van der Waals surface area contributed by atoms with Gasteiger partial charge in [-0.05, 0) is 41.2 Å². The number of hydrogen-bond acceptors (Lipinski definition) is 0. The summed E-state index contributed by atoms with van der Waals surface area (Å²) < 4.78 is 1.32. The first-order valence-electron chi connectivity index (χ1n) is 16.6. The molecule has 0 amide bonds. The summed E-state index contributed by atoms with van der Waals surface area (Å²) in [6.45, 7) is 4.62. The van der Waals surface area contributed by atoms with Gasteiger partial charge >= 0.3 is 0 Å². The minimum Gasteiger partial charge on any atom is -0.0654 e. The summed E-state index contributed by atoms with van der Waals surface area (Å²) in [5.74, 6) is 0. The average Bonchev–Trinajstić information content (AvgIpc) is 3.22. The van der Waals surface area contributed by atoms with Crippen LogP contribution < -0.4 is 0 Å². The average molecular weight is 582 g/mol. The van der Waals surface area contributed by atoms with Gasteiger partial charge in [0.05, 0.1) is 0 Å². The summed E-state index contributed by atoms with van der Waals surface area (Å²) in [6, 6.07) is 16.2. The van der Waals surface area contributed by atoms with E-state index in [-0.39, 0.29) is 5.41 Å². The predicted octanol–water partition coefficient (Wildman–Crippen LogP) is 13.3. The number of fused-ring (bicyclic) bond motifs is 3. The lowest BCUT2D eigenvalue weighted by Crippen LogP contribution is -2.26. The van der Waals surface area contributed by atoms with Crippen LogP contribution in [0.2, 0.25) is 0 Å². The Balaban J connectivity index is 1.55. The summed E-state index contributed by atoms with van der Waals surface area (Å²) in [5, 5.41) is 0. The highest BCUT2D eigenvalue weighted by atomic mass is 79.9. The standard InChI is InChI=1S/C37H57Br/c1-3-5-7-9-11-13-15-17-19-23-30-37(31-24-20-18-16-14-12-10-8-6-4-2)34-28-22-21-26-32(34)33-27-25-29-35(38)36(33)37/h21-22,25-29H,3-20,23-24,30-31H2,1-2H3. The monoisotopic (exact) mass is 580 g/mol. The van der Waals surface area contributed by atoms with Crippen LogP contribution in [0.15, 0.2) is 46.9 Å². The second-order valence-corrected chi connectivity index (χ2v) is 13.0. The van der Waals surface area contributed by atoms with Gasteiger partial charge in [0.15, 0.2) is 0 Å². The van der Waals surface area contributed by atoms with Gasteiger partial charge in [0.25, 0.3) is 0 Å². The molecular weight excluding hydrogens is 524 g/mol. The third kappa shape index (κ3) is 9.25. The van der Waals surface area contributed by atoms with Gasteiger partial charge in [-0.25, -0.2) is 0 Å². The fraction of sp³-hybridized carbons (Fsp3) is 0.676. The molecule has 0 nitrogen and oxygen atoms in total. The molecule has 0 heterocycles. The largest absolute Gasteiger partial charge is 0.0654 e. The molecule has 0 saturated heterocycles. The smallest absolute Gasteiger partial charge is 0.0226 e. The molecule has 0 aromatic heterocycles. The first-order chi connectivity index (χ1) is 18.7. The topological polar surface area (TPSA) is 0 Å². The van der Waals surface area contributed by atoms with E-state index in [2.05, 4.69) is 72.2 Å². The van der Waals surface area contributed by atoms with Crippen molar-refractivity contribution in [1.82, 2.24) is 0 Å². The molecule has 0 aliphatic heterocycles. The quantitative estimate of drug-likeness (QED) is 0.121. The van der Waals surface area contributed by atoms with Gasteiger partial charge < -0.3 is 0 Å². The summed E-state index contributed by atoms with van der Waals surface area (Å²) >= 11 is 4.02. The van der Waals surface area contributed by atoms with Crippen molar-refractivity contribution in [3.05, 3.63) is 58.1 Å². The Morgan fingerprint density at radius 3 is 1.39 bits per heavy atom. The molecule has 0 fully saturated rings. The Hall–Kier alpha value is -1.08. The zero-order chi connectivity index (χ0) is 26.9. The molecule has 0 spiro atoms. The van der Waals surface area contributed by atoms with Crippen LogP contribution in [0.1, 0.15) is 166 Å². The molecule has 212 valence electrons. The Kier molecular flexibility index (Phi) is 15.1. The predicted molar refractivity (Wildman–Crippen MR) is 173 cm³/mol. The molecular formula is C37H57Br. The molecule has 0 atom stereocenters. The normalized spacial score (nSPS) is 13.6. The molecule has 38 heavy (non-hydrogen) atoms. The molecule has 1 aliphatic rings. The van der Waals surface area contributed by atoms with E-state index in [9.17, 15) is 0 Å². The van der Waals surface area contributed by atoms with Crippen LogP contribution in [-0.4, -0.2) is 0 Å². The van der Waals surface area contributed by atoms with Crippen LogP contribution in [0.5, 0.6) is 0 Å². The van der Waals surface area contributed by atoms with Gasteiger partial charge in [-0.15, -0.1) is 0 Å². The van der Waals surface area contributed by atoms with E-state index in [0.717, 1.165) is 0 Å². The van der Waals surface area contributed by atoms with Gasteiger partial charge in [0, 0.05) is 9.89 Å². The highest BCUT2D eigenvalue weighted by molar-refractivity contribution is 9.10. The summed E-state index contributed by atoms with van der Waals surface area (Å²) in [4.78, 5) is 0. The van der Waals surface area contributed by atoms with Crippen LogP contribution in [0.25, 0.3) is 11.1 Å². The summed E-state index contributed by atoms with van der Waals surface area (Å²) in [6.07, 6.45) is 30.8. The highest BCUT2D eigenvalue weighted by Gasteiger charge is 2.43. The van der Waals surface area contributed by atoms with Gasteiger partial charge in [-0.3, -0.25) is 0 Å². The SMILES string of the molecule is CCCCCCCCCCCCC1(CCCCCCCCCCCC)c2ccccc2-c2cccc(Br)c21. The first-order valence-corrected chi connectivity index (χ1v) is 17.4. The maximum absolute atomic E-state index is 4.02. The Morgan fingerprint density at radius 2 is 0.895 bits per heavy atom. The molecule has 2 aromatic carbocycles. The molecule has 0 saturated carbocycles. The number of benzene rings is 2. The van der Waals surface area contributed by atoms with Crippen LogP contribution >= 0.6 is 15.9 Å². The van der Waals surface area contributed by atoms with Crippen LogP contribution in [0.3, 0.4) is 0 Å². The lowest BCUT2D eigenvalue weighted by molar-refractivity contribution is 0.395. The van der Waals surface area contributed by atoms with Crippen molar-refractivity contribution >= 4 is 15.9 Å². The molecule has 1 heteroatoms. The van der Waals surface area contributed by atoms with Crippen LogP contribution in [0.4, 0.5) is 0 Å². The third-order valence-corrected chi connectivity index (χ3v) is 9.80. The Labute approximate surface area is 244 Å². The van der Waals surface area contributed by atoms with Crippen LogP contribution in [-0.2, 0) is 5.41 Å². The van der Waals surface area contributed by atoms with Crippen LogP contribution in [0, 0.1) is 0 Å². The van der Waals surface area contributed by atoms with E-state index in [1.54, 1.807) is 11.1 Å². The van der Waals surface area contributed by atoms with Gasteiger partial charge in [-0.2, -0.15) is 0 Å². The molecule has 0 radical (unpaired) electrons. The molecule has 0 N–H and O–H groups in total. The first kappa shape index (κ1) is 31.4. The minimum absolute atomic E-state index is 0.187. The van der Waals surface area contributed by atoms with Crippen molar-refractivity contribution in [1.29, 1.82) is 0 Å². The summed E-state index contributed by atoms with van der Waals surface area (Å²) in [7, 11) is 0. The number of unbranched alkanes of at least 4 members (excludes halogenated alkanes) is 18. The molecule has 0 unspecified atom stereocenters. The van der Waals surface area contributed by atoms with E-state index >= 15 is 0 Å². The molecule has 0 bridgehead atoms. The number of hydrogen-bond donors (Lipinski definition) is 0. The maximum atomic E-state index is 4.02. The van der Waals surface area contributed by atoms with Crippen molar-refractivity contribution in [3.8, 4) is 11.1 Å².